The summed E-state index contributed by atoms with van der Waals surface area (Å²) in [6, 6.07) is 17.3. The second-order valence-electron chi connectivity index (χ2n) is 6.12. The van der Waals surface area contributed by atoms with Crippen LogP contribution in [0.25, 0.3) is 22.4 Å². The van der Waals surface area contributed by atoms with E-state index in [1.54, 1.807) is 10.7 Å². The Bertz CT molecular complexity index is 1040. The number of rotatable bonds is 4. The number of H-pyrrole nitrogens is 1. The summed E-state index contributed by atoms with van der Waals surface area (Å²) in [6.07, 6.45) is 0. The maximum Gasteiger partial charge on any atom is 0.276 e. The Hall–Kier alpha value is -3.41. The second kappa shape index (κ2) is 6.48. The van der Waals surface area contributed by atoms with E-state index in [-0.39, 0.29) is 5.91 Å². The summed E-state index contributed by atoms with van der Waals surface area (Å²) in [5.74, 6) is 0.596. The summed E-state index contributed by atoms with van der Waals surface area (Å²) >= 11 is 0. The smallest absolute Gasteiger partial charge is 0.276 e. The van der Waals surface area contributed by atoms with Crippen LogP contribution in [0.2, 0.25) is 0 Å². The summed E-state index contributed by atoms with van der Waals surface area (Å²) in [5.41, 5.74) is 5.01. The van der Waals surface area contributed by atoms with E-state index < -0.39 is 0 Å². The van der Waals surface area contributed by atoms with Crippen molar-refractivity contribution in [3.63, 3.8) is 0 Å². The number of amides is 1. The van der Waals surface area contributed by atoms with Gasteiger partial charge in [-0.2, -0.15) is 5.10 Å². The van der Waals surface area contributed by atoms with Crippen molar-refractivity contribution in [2.45, 2.75) is 20.4 Å². The van der Waals surface area contributed by atoms with Crippen molar-refractivity contribution in [1.82, 2.24) is 19.7 Å². The van der Waals surface area contributed by atoms with Crippen molar-refractivity contribution in [1.29, 1.82) is 0 Å². The third kappa shape index (κ3) is 2.97. The molecule has 0 aliphatic heterocycles. The van der Waals surface area contributed by atoms with Crippen molar-refractivity contribution in [2.75, 3.05) is 5.32 Å². The molecule has 6 heteroatoms. The number of hydrogen-bond acceptors (Lipinski definition) is 3. The van der Waals surface area contributed by atoms with Crippen molar-refractivity contribution < 1.29 is 4.79 Å². The fourth-order valence-electron chi connectivity index (χ4n) is 2.94. The van der Waals surface area contributed by atoms with Gasteiger partial charge in [-0.1, -0.05) is 12.1 Å². The summed E-state index contributed by atoms with van der Waals surface area (Å²) in [4.78, 5) is 20.3. The van der Waals surface area contributed by atoms with Gasteiger partial charge in [-0.15, -0.1) is 0 Å². The fraction of sp³-hybridized carbons (Fsp3) is 0.150. The molecule has 0 radical (unpaired) electrons. The molecule has 0 unspecified atom stereocenters. The third-order valence-corrected chi connectivity index (χ3v) is 4.32. The number of imidazole rings is 1. The van der Waals surface area contributed by atoms with Gasteiger partial charge in [0.05, 0.1) is 11.0 Å². The monoisotopic (exact) mass is 345 g/mol. The van der Waals surface area contributed by atoms with Crippen LogP contribution in [-0.2, 0) is 6.54 Å². The number of fused-ring (bicyclic) bond motifs is 1. The quantitative estimate of drug-likeness (QED) is 0.587. The minimum absolute atomic E-state index is 0.211. The molecule has 0 aliphatic rings. The molecule has 0 aliphatic carbocycles. The van der Waals surface area contributed by atoms with Crippen LogP contribution < -0.4 is 5.32 Å². The highest BCUT2D eigenvalue weighted by Gasteiger charge is 2.12. The molecule has 0 spiro atoms. The van der Waals surface area contributed by atoms with Crippen LogP contribution in [0.15, 0.2) is 54.6 Å². The highest BCUT2D eigenvalue weighted by molar-refractivity contribution is 6.03. The summed E-state index contributed by atoms with van der Waals surface area (Å²) in [5, 5.41) is 7.19. The number of hydrogen-bond donors (Lipinski definition) is 2. The van der Waals surface area contributed by atoms with Crippen molar-refractivity contribution in [3.8, 4) is 11.4 Å². The fourth-order valence-corrected chi connectivity index (χ4v) is 2.94. The third-order valence-electron chi connectivity index (χ3n) is 4.32. The van der Waals surface area contributed by atoms with Gasteiger partial charge >= 0.3 is 0 Å². The Morgan fingerprint density at radius 3 is 2.62 bits per heavy atom. The van der Waals surface area contributed by atoms with Crippen molar-refractivity contribution >= 4 is 22.6 Å². The summed E-state index contributed by atoms with van der Waals surface area (Å²) in [7, 11) is 0. The molecule has 1 amide bonds. The van der Waals surface area contributed by atoms with E-state index >= 15 is 0 Å². The van der Waals surface area contributed by atoms with Gasteiger partial charge in [0.25, 0.3) is 5.91 Å². The molecule has 130 valence electrons. The predicted molar refractivity (Wildman–Crippen MR) is 102 cm³/mol. The van der Waals surface area contributed by atoms with E-state index in [1.165, 1.54) is 0 Å². The molecule has 0 bridgehead atoms. The lowest BCUT2D eigenvalue weighted by atomic mass is 10.2. The van der Waals surface area contributed by atoms with Gasteiger partial charge in [-0.3, -0.25) is 9.48 Å². The largest absolute Gasteiger partial charge is 0.338 e. The minimum atomic E-state index is -0.211. The molecule has 0 saturated carbocycles. The van der Waals surface area contributed by atoms with Gasteiger partial charge in [0.2, 0.25) is 0 Å². The maximum atomic E-state index is 12.4. The molecular weight excluding hydrogens is 326 g/mol. The minimum Gasteiger partial charge on any atom is -0.338 e. The molecule has 0 atom stereocenters. The highest BCUT2D eigenvalue weighted by Crippen LogP contribution is 2.22. The zero-order valence-electron chi connectivity index (χ0n) is 14.7. The van der Waals surface area contributed by atoms with Crippen LogP contribution in [-0.4, -0.2) is 25.7 Å². The van der Waals surface area contributed by atoms with E-state index in [9.17, 15) is 4.79 Å². The molecule has 2 aromatic carbocycles. The zero-order chi connectivity index (χ0) is 18.1. The Kier molecular flexibility index (Phi) is 4.01. The van der Waals surface area contributed by atoms with Crippen LogP contribution in [0.5, 0.6) is 0 Å². The van der Waals surface area contributed by atoms with Crippen LogP contribution in [0.1, 0.15) is 23.1 Å². The van der Waals surface area contributed by atoms with Gasteiger partial charge in [-0.25, -0.2) is 4.98 Å². The molecule has 2 N–H and O–H groups in total. The first-order valence-corrected chi connectivity index (χ1v) is 8.55. The lowest BCUT2D eigenvalue weighted by molar-refractivity contribution is 0.102. The number of nitrogens with zero attached hydrogens (tertiary/aromatic N) is 3. The SMILES string of the molecule is CCn1nc(C(=O)Nc2ccc(-c3nc4ccccc4[nH]3)cc2)cc1C. The first kappa shape index (κ1) is 16.1. The van der Waals surface area contributed by atoms with Gasteiger partial charge in [0.15, 0.2) is 5.69 Å². The van der Waals surface area contributed by atoms with Gasteiger partial charge in [0.1, 0.15) is 5.82 Å². The second-order valence-corrected chi connectivity index (χ2v) is 6.12. The van der Waals surface area contributed by atoms with Gasteiger partial charge in [0, 0.05) is 23.5 Å². The number of benzene rings is 2. The molecule has 6 nitrogen and oxygen atoms in total. The lowest BCUT2D eigenvalue weighted by Gasteiger charge is -2.04. The van der Waals surface area contributed by atoms with Crippen molar-refractivity contribution in [2.24, 2.45) is 0 Å². The van der Waals surface area contributed by atoms with Gasteiger partial charge < -0.3 is 10.3 Å². The first-order valence-electron chi connectivity index (χ1n) is 8.55. The summed E-state index contributed by atoms with van der Waals surface area (Å²) < 4.78 is 1.81. The molecule has 2 aromatic heterocycles. The predicted octanol–water partition coefficient (Wildman–Crippen LogP) is 4.01. The number of para-hydroxylation sites is 2. The number of nitrogens with one attached hydrogen (secondary N) is 2. The Labute approximate surface area is 150 Å². The normalized spacial score (nSPS) is 11.0. The van der Waals surface area contributed by atoms with Crippen LogP contribution in [0.3, 0.4) is 0 Å². The molecular formula is C20H19N5O. The van der Waals surface area contributed by atoms with Crippen molar-refractivity contribution in [3.05, 3.63) is 66.0 Å². The van der Waals surface area contributed by atoms with E-state index in [2.05, 4.69) is 20.4 Å². The number of aryl methyl sites for hydroxylation is 2. The summed E-state index contributed by atoms with van der Waals surface area (Å²) in [6.45, 7) is 4.68. The number of carbonyl (C=O) groups excluding carboxylic acids is 1. The first-order chi connectivity index (χ1) is 12.6. The van der Waals surface area contributed by atoms with Crippen LogP contribution in [0.4, 0.5) is 5.69 Å². The van der Waals surface area contributed by atoms with E-state index in [0.29, 0.717) is 5.69 Å². The molecule has 2 heterocycles. The van der Waals surface area contributed by atoms with E-state index in [1.807, 2.05) is 62.4 Å². The van der Waals surface area contributed by atoms with E-state index in [0.717, 1.165) is 40.3 Å². The maximum absolute atomic E-state index is 12.4. The molecule has 26 heavy (non-hydrogen) atoms. The number of aromatic nitrogens is 4. The average molecular weight is 345 g/mol. The standard InChI is InChI=1S/C20H19N5O/c1-3-25-13(2)12-18(24-25)20(26)21-15-10-8-14(9-11-15)19-22-16-6-4-5-7-17(16)23-19/h4-12H,3H2,1-2H3,(H,21,26)(H,22,23). The Balaban J connectivity index is 1.52. The molecule has 4 rings (SSSR count). The average Bonchev–Trinajstić information content (AvgIpc) is 3.25. The molecule has 0 fully saturated rings. The topological polar surface area (TPSA) is 75.6 Å². The number of aromatic amines is 1. The number of anilines is 1. The lowest BCUT2D eigenvalue weighted by Crippen LogP contribution is -2.13. The van der Waals surface area contributed by atoms with Crippen LogP contribution in [0, 0.1) is 6.92 Å². The highest BCUT2D eigenvalue weighted by atomic mass is 16.1. The number of carbonyl (C=O) groups is 1. The molecule has 0 saturated heterocycles. The van der Waals surface area contributed by atoms with Gasteiger partial charge in [-0.05, 0) is 56.3 Å². The molecule has 4 aromatic rings. The Morgan fingerprint density at radius 2 is 1.92 bits per heavy atom. The van der Waals surface area contributed by atoms with E-state index in [4.69, 9.17) is 0 Å². The Morgan fingerprint density at radius 1 is 1.15 bits per heavy atom. The van der Waals surface area contributed by atoms with Crippen LogP contribution >= 0.6 is 0 Å². The zero-order valence-corrected chi connectivity index (χ0v) is 14.7.